The van der Waals surface area contributed by atoms with Crippen LogP contribution in [0.3, 0.4) is 0 Å². The number of halogens is 1. The van der Waals surface area contributed by atoms with Gasteiger partial charge in [0.25, 0.3) is 0 Å². The predicted molar refractivity (Wildman–Crippen MR) is 94.0 cm³/mol. The van der Waals surface area contributed by atoms with Crippen LogP contribution in [-0.4, -0.2) is 20.7 Å². The molecule has 0 atom stereocenters. The number of aromatic nitrogens is 3. The molecule has 3 aromatic rings. The van der Waals surface area contributed by atoms with Crippen molar-refractivity contribution >= 4 is 17.6 Å². The lowest BCUT2D eigenvalue weighted by Gasteiger charge is -2.06. The second kappa shape index (κ2) is 6.69. The van der Waals surface area contributed by atoms with Crippen molar-refractivity contribution in [3.05, 3.63) is 76.3 Å². The van der Waals surface area contributed by atoms with Crippen LogP contribution in [0.25, 0.3) is 5.69 Å². The average molecular weight is 354 g/mol. The molecule has 0 saturated carbocycles. The van der Waals surface area contributed by atoms with E-state index in [4.69, 9.17) is 16.3 Å². The Hall–Kier alpha value is -2.66. The van der Waals surface area contributed by atoms with Crippen molar-refractivity contribution in [3.8, 4) is 5.69 Å². The van der Waals surface area contributed by atoms with E-state index in [9.17, 15) is 4.79 Å². The third-order valence-corrected chi connectivity index (χ3v) is 4.66. The Kier molecular flexibility index (Phi) is 4.24. The van der Waals surface area contributed by atoms with Gasteiger partial charge in [-0.25, -0.2) is 14.5 Å². The molecule has 2 aromatic heterocycles. The van der Waals surface area contributed by atoms with Gasteiger partial charge in [-0.05, 0) is 37.5 Å². The molecule has 0 amide bonds. The van der Waals surface area contributed by atoms with Crippen molar-refractivity contribution in [2.75, 3.05) is 0 Å². The number of hydrogen-bond acceptors (Lipinski definition) is 4. The number of hydrogen-bond donors (Lipinski definition) is 0. The number of fused-ring (bicyclic) bond motifs is 1. The van der Waals surface area contributed by atoms with Crippen LogP contribution >= 0.6 is 11.6 Å². The highest BCUT2D eigenvalue weighted by atomic mass is 35.5. The first-order chi connectivity index (χ1) is 12.2. The molecule has 0 unspecified atom stereocenters. The van der Waals surface area contributed by atoms with Crippen molar-refractivity contribution in [2.45, 2.75) is 25.9 Å². The number of pyridine rings is 1. The maximum atomic E-state index is 12.6. The van der Waals surface area contributed by atoms with Crippen LogP contribution in [0.1, 0.15) is 33.7 Å². The Labute approximate surface area is 150 Å². The van der Waals surface area contributed by atoms with Crippen molar-refractivity contribution in [1.82, 2.24) is 14.8 Å². The van der Waals surface area contributed by atoms with Gasteiger partial charge in [0.15, 0.2) is 5.69 Å². The van der Waals surface area contributed by atoms with E-state index < -0.39 is 5.97 Å². The quantitative estimate of drug-likeness (QED) is 0.529. The number of esters is 1. The molecule has 0 spiro atoms. The summed E-state index contributed by atoms with van der Waals surface area (Å²) in [6, 6.07) is 13.4. The monoisotopic (exact) mass is 353 g/mol. The standard InChI is InChI=1S/C19H16ClN3O2/c20-18-13(6-5-11-21-18)12-25-19(24)17-15-9-4-10-16(15)23(22-17)14-7-2-1-3-8-14/h1-3,5-8,11H,4,9-10,12H2. The SMILES string of the molecule is O=C(OCc1cccnc1Cl)c1nn(-c2ccccc2)c2c1CCC2. The fourth-order valence-electron chi connectivity index (χ4n) is 3.12. The molecule has 5 nitrogen and oxygen atoms in total. The molecule has 1 aliphatic rings. The molecule has 2 heterocycles. The number of benzene rings is 1. The van der Waals surface area contributed by atoms with Crippen LogP contribution in [0.4, 0.5) is 0 Å². The Morgan fingerprint density at radius 3 is 2.80 bits per heavy atom. The molecule has 4 rings (SSSR count). The number of carbonyl (C=O) groups is 1. The molecule has 0 saturated heterocycles. The predicted octanol–water partition coefficient (Wildman–Crippen LogP) is 3.77. The largest absolute Gasteiger partial charge is 0.456 e. The molecule has 0 N–H and O–H groups in total. The summed E-state index contributed by atoms with van der Waals surface area (Å²) in [5, 5.41) is 4.87. The molecule has 6 heteroatoms. The van der Waals surface area contributed by atoms with Crippen molar-refractivity contribution in [3.63, 3.8) is 0 Å². The number of nitrogens with zero attached hydrogens (tertiary/aromatic N) is 3. The molecule has 0 aliphatic heterocycles. The lowest BCUT2D eigenvalue weighted by molar-refractivity contribution is 0.0464. The second-order valence-electron chi connectivity index (χ2n) is 5.90. The molecule has 126 valence electrons. The van der Waals surface area contributed by atoms with Gasteiger partial charge in [0, 0.05) is 23.0 Å². The first-order valence-electron chi connectivity index (χ1n) is 8.17. The second-order valence-corrected chi connectivity index (χ2v) is 6.26. The van der Waals surface area contributed by atoms with Gasteiger partial charge >= 0.3 is 5.97 Å². The third-order valence-electron chi connectivity index (χ3n) is 4.32. The first kappa shape index (κ1) is 15.8. The summed E-state index contributed by atoms with van der Waals surface area (Å²) < 4.78 is 7.29. The molecular formula is C19H16ClN3O2. The fraction of sp³-hybridized carbons (Fsp3) is 0.211. The number of para-hydroxylation sites is 1. The summed E-state index contributed by atoms with van der Waals surface area (Å²) in [5.41, 5.74) is 4.12. The van der Waals surface area contributed by atoms with Gasteiger partial charge in [-0.3, -0.25) is 0 Å². The third kappa shape index (κ3) is 3.03. The van der Waals surface area contributed by atoms with Gasteiger partial charge in [0.2, 0.25) is 0 Å². The summed E-state index contributed by atoms with van der Waals surface area (Å²) in [7, 11) is 0. The Balaban J connectivity index is 1.60. The highest BCUT2D eigenvalue weighted by Gasteiger charge is 2.27. The van der Waals surface area contributed by atoms with Crippen LogP contribution in [0.15, 0.2) is 48.7 Å². The lowest BCUT2D eigenvalue weighted by atomic mass is 10.2. The minimum absolute atomic E-state index is 0.0818. The lowest BCUT2D eigenvalue weighted by Crippen LogP contribution is -2.09. The smallest absolute Gasteiger partial charge is 0.359 e. The van der Waals surface area contributed by atoms with Crippen LogP contribution in [-0.2, 0) is 24.2 Å². The maximum Gasteiger partial charge on any atom is 0.359 e. The minimum atomic E-state index is -0.423. The van der Waals surface area contributed by atoms with Crippen LogP contribution in [0.2, 0.25) is 5.15 Å². The molecule has 0 bridgehead atoms. The molecular weight excluding hydrogens is 338 g/mol. The molecule has 1 aliphatic carbocycles. The summed E-state index contributed by atoms with van der Waals surface area (Å²) in [5.74, 6) is -0.423. The zero-order valence-corrected chi connectivity index (χ0v) is 14.2. The van der Waals surface area contributed by atoms with Gasteiger partial charge in [-0.15, -0.1) is 0 Å². The van der Waals surface area contributed by atoms with Crippen molar-refractivity contribution in [2.24, 2.45) is 0 Å². The topological polar surface area (TPSA) is 57.0 Å². The molecule has 1 aromatic carbocycles. The zero-order chi connectivity index (χ0) is 17.2. The molecule has 25 heavy (non-hydrogen) atoms. The van der Waals surface area contributed by atoms with Gasteiger partial charge in [0.05, 0.1) is 5.69 Å². The molecule has 0 radical (unpaired) electrons. The van der Waals surface area contributed by atoms with Gasteiger partial charge in [-0.2, -0.15) is 5.10 Å². The number of ether oxygens (including phenoxy) is 1. The van der Waals surface area contributed by atoms with Crippen molar-refractivity contribution < 1.29 is 9.53 Å². The van der Waals surface area contributed by atoms with Gasteiger partial charge < -0.3 is 4.74 Å². The Morgan fingerprint density at radius 2 is 2.00 bits per heavy atom. The van der Waals surface area contributed by atoms with E-state index in [1.165, 1.54) is 0 Å². The van der Waals surface area contributed by atoms with E-state index in [1.54, 1.807) is 18.3 Å². The average Bonchev–Trinajstić information content (AvgIpc) is 3.24. The number of carbonyl (C=O) groups excluding carboxylic acids is 1. The summed E-state index contributed by atoms with van der Waals surface area (Å²) >= 11 is 6.01. The van der Waals surface area contributed by atoms with E-state index in [0.717, 1.165) is 36.2 Å². The Bertz CT molecular complexity index is 922. The van der Waals surface area contributed by atoms with Gasteiger partial charge in [-0.1, -0.05) is 35.9 Å². The normalized spacial score (nSPS) is 12.8. The van der Waals surface area contributed by atoms with E-state index in [-0.39, 0.29) is 6.61 Å². The minimum Gasteiger partial charge on any atom is -0.456 e. The highest BCUT2D eigenvalue weighted by Crippen LogP contribution is 2.28. The van der Waals surface area contributed by atoms with E-state index in [2.05, 4.69) is 10.1 Å². The highest BCUT2D eigenvalue weighted by molar-refractivity contribution is 6.30. The number of rotatable bonds is 4. The van der Waals surface area contributed by atoms with E-state index in [0.29, 0.717) is 16.4 Å². The maximum absolute atomic E-state index is 12.6. The van der Waals surface area contributed by atoms with Gasteiger partial charge in [0.1, 0.15) is 11.8 Å². The van der Waals surface area contributed by atoms with E-state index >= 15 is 0 Å². The van der Waals surface area contributed by atoms with Crippen LogP contribution in [0, 0.1) is 0 Å². The Morgan fingerprint density at radius 1 is 1.16 bits per heavy atom. The molecule has 0 fully saturated rings. The van der Waals surface area contributed by atoms with Crippen molar-refractivity contribution in [1.29, 1.82) is 0 Å². The summed E-state index contributed by atoms with van der Waals surface area (Å²) in [6.07, 6.45) is 4.38. The van der Waals surface area contributed by atoms with Crippen LogP contribution < -0.4 is 0 Å². The first-order valence-corrected chi connectivity index (χ1v) is 8.54. The van der Waals surface area contributed by atoms with E-state index in [1.807, 2.05) is 35.0 Å². The fourth-order valence-corrected chi connectivity index (χ4v) is 3.30. The summed E-state index contributed by atoms with van der Waals surface area (Å²) in [4.78, 5) is 16.6. The zero-order valence-electron chi connectivity index (χ0n) is 13.5. The van der Waals surface area contributed by atoms with Crippen LogP contribution in [0.5, 0.6) is 0 Å². The summed E-state index contributed by atoms with van der Waals surface area (Å²) in [6.45, 7) is 0.0818.